The number of rotatable bonds is 4. The van der Waals surface area contributed by atoms with Crippen LogP contribution in [0.15, 0.2) is 12.3 Å². The Labute approximate surface area is 124 Å². The van der Waals surface area contributed by atoms with Crippen molar-refractivity contribution in [1.82, 2.24) is 9.29 Å². The molecule has 1 fully saturated rings. The van der Waals surface area contributed by atoms with Crippen LogP contribution in [-0.4, -0.2) is 30.9 Å². The molecule has 118 valence electrons. The normalized spacial score (nSPS) is 23.0. The van der Waals surface area contributed by atoms with E-state index in [9.17, 15) is 13.2 Å². The first-order valence-electron chi connectivity index (χ1n) is 7.03. The van der Waals surface area contributed by atoms with E-state index in [4.69, 9.17) is 10.9 Å². The number of amides is 1. The van der Waals surface area contributed by atoms with Crippen molar-refractivity contribution in [2.24, 2.45) is 10.9 Å². The van der Waals surface area contributed by atoms with Crippen LogP contribution in [0, 0.1) is 6.92 Å². The number of hydrogen-bond donors (Lipinski definition) is 3. The molecule has 0 aliphatic heterocycles. The Balaban J connectivity index is 2.03. The monoisotopic (exact) mass is 314 g/mol. The third kappa shape index (κ3) is 3.63. The molecule has 1 heterocycles. The van der Waals surface area contributed by atoms with Crippen molar-refractivity contribution in [3.63, 3.8) is 0 Å². The van der Waals surface area contributed by atoms with Crippen molar-refractivity contribution in [2.75, 3.05) is 6.54 Å². The van der Waals surface area contributed by atoms with E-state index >= 15 is 0 Å². The van der Waals surface area contributed by atoms with Gasteiger partial charge in [0, 0.05) is 17.9 Å². The summed E-state index contributed by atoms with van der Waals surface area (Å²) in [4.78, 5) is 11.3. The number of carbonyl (C=O) groups excluding carboxylic acids is 1. The number of nitrogens with two attached hydrogens (primary N) is 2. The Morgan fingerprint density at radius 1 is 1.38 bits per heavy atom. The number of aromatic nitrogens is 1. The highest BCUT2D eigenvalue weighted by molar-refractivity contribution is 7.87. The molecule has 0 saturated heterocycles. The van der Waals surface area contributed by atoms with Gasteiger partial charge in [-0.15, -0.1) is 0 Å². The molecule has 0 unspecified atom stereocenters. The zero-order chi connectivity index (χ0) is 15.6. The second-order valence-corrected chi connectivity index (χ2v) is 6.94. The Morgan fingerprint density at radius 3 is 2.48 bits per heavy atom. The van der Waals surface area contributed by atoms with Gasteiger partial charge in [0.05, 0.1) is 6.54 Å². The Morgan fingerprint density at radius 2 is 2.00 bits per heavy atom. The molecule has 1 amide bonds. The summed E-state index contributed by atoms with van der Waals surface area (Å²) in [6, 6.07) is 1.99. The van der Waals surface area contributed by atoms with Crippen LogP contribution < -0.4 is 16.2 Å². The van der Waals surface area contributed by atoms with Gasteiger partial charge in [-0.1, -0.05) is 0 Å². The van der Waals surface area contributed by atoms with Crippen LogP contribution in [0.1, 0.15) is 42.9 Å². The van der Waals surface area contributed by atoms with Gasteiger partial charge in [-0.2, -0.15) is 8.42 Å². The lowest BCUT2D eigenvalue weighted by molar-refractivity contribution is -0.120. The smallest absolute Gasteiger partial charge is 0.302 e. The van der Waals surface area contributed by atoms with Gasteiger partial charge < -0.3 is 11.1 Å². The predicted octanol–water partition coefficient (Wildman–Crippen LogP) is -0.0508. The molecule has 0 radical (unpaired) electrons. The van der Waals surface area contributed by atoms with E-state index in [2.05, 4.69) is 5.32 Å². The summed E-state index contributed by atoms with van der Waals surface area (Å²) in [5, 5.41) is 8.07. The van der Waals surface area contributed by atoms with E-state index in [-0.39, 0.29) is 18.5 Å². The van der Waals surface area contributed by atoms with Gasteiger partial charge in [-0.05, 0) is 50.2 Å². The van der Waals surface area contributed by atoms with Gasteiger partial charge >= 0.3 is 10.2 Å². The molecule has 0 atom stereocenters. The molecule has 1 aliphatic rings. The fourth-order valence-corrected chi connectivity index (χ4v) is 3.77. The number of carbonyl (C=O) groups is 1. The van der Waals surface area contributed by atoms with Crippen LogP contribution in [-0.2, 0) is 15.0 Å². The second kappa shape index (κ2) is 6.17. The summed E-state index contributed by atoms with van der Waals surface area (Å²) in [5.41, 5.74) is 6.98. The number of nitrogens with one attached hydrogen (secondary N) is 1. The Bertz CT molecular complexity index is 615. The summed E-state index contributed by atoms with van der Waals surface area (Å²) in [5.74, 6) is 0.175. The lowest BCUT2D eigenvalue weighted by Gasteiger charge is -2.29. The maximum atomic E-state index is 11.4. The van der Waals surface area contributed by atoms with Crippen LogP contribution >= 0.6 is 0 Å². The standard InChI is InChI=1S/C13H22N4O3S/c1-9-12(6-7-17(9)21(15,19)20)10-2-4-11(5-3-10)16-13(18)8-14/h6-7,10-11H,2-5,8,14H2,1H3,(H,16,18)(H2,15,19,20). The molecule has 1 aromatic rings. The van der Waals surface area contributed by atoms with E-state index < -0.39 is 10.2 Å². The van der Waals surface area contributed by atoms with Crippen molar-refractivity contribution in [1.29, 1.82) is 0 Å². The summed E-state index contributed by atoms with van der Waals surface area (Å²) < 4.78 is 24.0. The molecule has 2 rings (SSSR count). The number of nitrogens with zero attached hydrogens (tertiary/aromatic N) is 1. The van der Waals surface area contributed by atoms with Crippen LogP contribution in [0.5, 0.6) is 0 Å². The van der Waals surface area contributed by atoms with Gasteiger partial charge in [0.1, 0.15) is 0 Å². The fourth-order valence-electron chi connectivity index (χ4n) is 3.05. The van der Waals surface area contributed by atoms with Gasteiger partial charge in [0.15, 0.2) is 0 Å². The van der Waals surface area contributed by atoms with E-state index in [0.29, 0.717) is 11.6 Å². The van der Waals surface area contributed by atoms with Crippen molar-refractivity contribution >= 4 is 16.1 Å². The summed E-state index contributed by atoms with van der Waals surface area (Å²) in [7, 11) is -3.74. The SMILES string of the molecule is Cc1c(C2CCC(NC(=O)CN)CC2)ccn1S(N)(=O)=O. The average Bonchev–Trinajstić information content (AvgIpc) is 2.81. The molecule has 1 saturated carbocycles. The largest absolute Gasteiger partial charge is 0.352 e. The Kier molecular flexibility index (Phi) is 4.70. The van der Waals surface area contributed by atoms with E-state index in [1.54, 1.807) is 6.92 Å². The number of hydrogen-bond acceptors (Lipinski definition) is 4. The molecule has 0 aromatic carbocycles. The maximum Gasteiger partial charge on any atom is 0.302 e. The minimum atomic E-state index is -3.74. The van der Waals surface area contributed by atoms with Crippen molar-refractivity contribution in [3.8, 4) is 0 Å². The molecular formula is C13H22N4O3S. The molecule has 7 nitrogen and oxygen atoms in total. The van der Waals surface area contributed by atoms with Crippen LogP contribution in [0.4, 0.5) is 0 Å². The van der Waals surface area contributed by atoms with Crippen LogP contribution in [0.2, 0.25) is 0 Å². The molecule has 8 heteroatoms. The molecule has 1 aliphatic carbocycles. The van der Waals surface area contributed by atoms with Gasteiger partial charge in [-0.3, -0.25) is 4.79 Å². The minimum absolute atomic E-state index is 0.0102. The topological polar surface area (TPSA) is 120 Å². The van der Waals surface area contributed by atoms with Crippen LogP contribution in [0.3, 0.4) is 0 Å². The van der Waals surface area contributed by atoms with Crippen molar-refractivity contribution in [2.45, 2.75) is 44.6 Å². The molecular weight excluding hydrogens is 292 g/mol. The lowest BCUT2D eigenvalue weighted by atomic mass is 9.82. The molecule has 0 bridgehead atoms. The second-order valence-electron chi connectivity index (χ2n) is 5.52. The predicted molar refractivity (Wildman–Crippen MR) is 79.9 cm³/mol. The van der Waals surface area contributed by atoms with Gasteiger partial charge in [-0.25, -0.2) is 9.11 Å². The third-order valence-electron chi connectivity index (χ3n) is 4.13. The van der Waals surface area contributed by atoms with Gasteiger partial charge in [0.2, 0.25) is 5.91 Å². The highest BCUT2D eigenvalue weighted by Crippen LogP contribution is 2.35. The molecule has 5 N–H and O–H groups in total. The average molecular weight is 314 g/mol. The van der Waals surface area contributed by atoms with E-state index in [0.717, 1.165) is 35.2 Å². The summed E-state index contributed by atoms with van der Waals surface area (Å²) in [6.45, 7) is 1.78. The van der Waals surface area contributed by atoms with E-state index in [1.807, 2.05) is 6.07 Å². The minimum Gasteiger partial charge on any atom is -0.352 e. The summed E-state index contributed by atoms with van der Waals surface area (Å²) in [6.07, 6.45) is 5.06. The highest BCUT2D eigenvalue weighted by atomic mass is 32.2. The first-order valence-corrected chi connectivity index (χ1v) is 8.53. The zero-order valence-electron chi connectivity index (χ0n) is 12.1. The first-order chi connectivity index (χ1) is 9.82. The van der Waals surface area contributed by atoms with Crippen molar-refractivity contribution < 1.29 is 13.2 Å². The summed E-state index contributed by atoms with van der Waals surface area (Å²) >= 11 is 0. The molecule has 1 aromatic heterocycles. The zero-order valence-corrected chi connectivity index (χ0v) is 12.9. The van der Waals surface area contributed by atoms with Crippen LogP contribution in [0.25, 0.3) is 0 Å². The highest BCUT2D eigenvalue weighted by Gasteiger charge is 2.26. The van der Waals surface area contributed by atoms with E-state index in [1.165, 1.54) is 6.20 Å². The molecule has 0 spiro atoms. The third-order valence-corrected chi connectivity index (χ3v) is 5.07. The Hall–Kier alpha value is -1.38. The molecule has 21 heavy (non-hydrogen) atoms. The fraction of sp³-hybridized carbons (Fsp3) is 0.615. The maximum absolute atomic E-state index is 11.4. The lowest BCUT2D eigenvalue weighted by Crippen LogP contribution is -2.40. The quantitative estimate of drug-likeness (QED) is 0.721. The van der Waals surface area contributed by atoms with Gasteiger partial charge in [0.25, 0.3) is 0 Å². The van der Waals surface area contributed by atoms with Crippen molar-refractivity contribution in [3.05, 3.63) is 23.5 Å². The first kappa shape index (κ1) is 16.0.